The maximum absolute atomic E-state index is 4.71. The van der Waals surface area contributed by atoms with Crippen LogP contribution < -0.4 is 0 Å². The van der Waals surface area contributed by atoms with E-state index in [2.05, 4.69) is 18.8 Å². The van der Waals surface area contributed by atoms with Crippen LogP contribution in [-0.2, 0) is 0 Å². The molecule has 0 bridgehead atoms. The van der Waals surface area contributed by atoms with Crippen molar-refractivity contribution in [1.82, 2.24) is 4.98 Å². The first-order valence-electron chi connectivity index (χ1n) is 5.25. The third kappa shape index (κ3) is 1.84. The van der Waals surface area contributed by atoms with Crippen molar-refractivity contribution < 1.29 is 0 Å². The summed E-state index contributed by atoms with van der Waals surface area (Å²) in [4.78, 5) is 9.04. The molecule has 0 spiro atoms. The lowest BCUT2D eigenvalue weighted by atomic mass is 10.0. The highest BCUT2D eigenvalue weighted by atomic mass is 14.9. The maximum atomic E-state index is 4.71. The van der Waals surface area contributed by atoms with Gasteiger partial charge in [-0.25, -0.2) is 0 Å². The van der Waals surface area contributed by atoms with Gasteiger partial charge in [-0.05, 0) is 30.9 Å². The first kappa shape index (κ1) is 9.38. The quantitative estimate of drug-likeness (QED) is 0.700. The molecule has 2 rings (SSSR count). The van der Waals surface area contributed by atoms with Gasteiger partial charge in [0.25, 0.3) is 0 Å². The van der Waals surface area contributed by atoms with Gasteiger partial charge >= 0.3 is 0 Å². The average Bonchev–Trinajstić information content (AvgIpc) is 2.68. The fourth-order valence-corrected chi connectivity index (χ4v) is 1.82. The van der Waals surface area contributed by atoms with E-state index in [9.17, 15) is 0 Å². The van der Waals surface area contributed by atoms with Crippen molar-refractivity contribution in [3.05, 3.63) is 30.1 Å². The van der Waals surface area contributed by atoms with Gasteiger partial charge in [0.15, 0.2) is 0 Å². The van der Waals surface area contributed by atoms with Crippen LogP contribution in [0.25, 0.3) is 0 Å². The van der Waals surface area contributed by atoms with Crippen molar-refractivity contribution in [3.63, 3.8) is 0 Å². The molecular weight excluding hydrogens is 172 g/mol. The molecule has 1 atom stereocenters. The highest BCUT2D eigenvalue weighted by molar-refractivity contribution is 6.00. The van der Waals surface area contributed by atoms with Crippen LogP contribution in [0.5, 0.6) is 0 Å². The molecule has 0 radical (unpaired) electrons. The molecule has 0 aromatic carbocycles. The van der Waals surface area contributed by atoms with Gasteiger partial charge in [-0.3, -0.25) is 9.98 Å². The second-order valence-corrected chi connectivity index (χ2v) is 4.14. The molecule has 0 unspecified atom stereocenters. The molecule has 1 aromatic heterocycles. The van der Waals surface area contributed by atoms with E-state index >= 15 is 0 Å². The molecule has 0 fully saturated rings. The van der Waals surface area contributed by atoms with Crippen molar-refractivity contribution >= 4 is 5.71 Å². The largest absolute Gasteiger partial charge is 0.284 e. The van der Waals surface area contributed by atoms with E-state index in [0.717, 1.165) is 12.1 Å². The van der Waals surface area contributed by atoms with Crippen LogP contribution in [-0.4, -0.2) is 16.7 Å². The fourth-order valence-electron chi connectivity index (χ4n) is 1.82. The molecule has 2 heterocycles. The lowest BCUT2D eigenvalue weighted by Gasteiger charge is -2.08. The van der Waals surface area contributed by atoms with E-state index in [1.54, 1.807) is 0 Å². The van der Waals surface area contributed by atoms with Crippen LogP contribution >= 0.6 is 0 Å². The molecule has 0 saturated heterocycles. The summed E-state index contributed by atoms with van der Waals surface area (Å²) in [6.45, 7) is 4.46. The minimum atomic E-state index is 0.506. The average molecular weight is 188 g/mol. The summed E-state index contributed by atoms with van der Waals surface area (Å²) in [5.74, 6) is 0.649. The van der Waals surface area contributed by atoms with Gasteiger partial charge in [-0.15, -0.1) is 0 Å². The number of nitrogens with zero attached hydrogens (tertiary/aromatic N) is 2. The van der Waals surface area contributed by atoms with Gasteiger partial charge in [0, 0.05) is 6.20 Å². The Morgan fingerprint density at radius 3 is 2.79 bits per heavy atom. The van der Waals surface area contributed by atoms with Gasteiger partial charge in [-0.2, -0.15) is 0 Å². The van der Waals surface area contributed by atoms with E-state index < -0.39 is 0 Å². The van der Waals surface area contributed by atoms with E-state index in [4.69, 9.17) is 4.99 Å². The number of aliphatic imine (C=N–C) groups is 1. The zero-order valence-corrected chi connectivity index (χ0v) is 8.77. The number of aromatic nitrogens is 1. The Kier molecular flexibility index (Phi) is 2.62. The maximum Gasteiger partial charge on any atom is 0.0840 e. The number of hydrogen-bond acceptors (Lipinski definition) is 2. The summed E-state index contributed by atoms with van der Waals surface area (Å²) < 4.78 is 0. The van der Waals surface area contributed by atoms with Gasteiger partial charge in [0.05, 0.1) is 17.4 Å². The van der Waals surface area contributed by atoms with Crippen molar-refractivity contribution in [2.75, 3.05) is 0 Å². The van der Waals surface area contributed by atoms with Gasteiger partial charge < -0.3 is 0 Å². The summed E-state index contributed by atoms with van der Waals surface area (Å²) >= 11 is 0. The third-order valence-electron chi connectivity index (χ3n) is 2.73. The summed E-state index contributed by atoms with van der Waals surface area (Å²) in [5.41, 5.74) is 2.24. The Labute approximate surface area is 85.1 Å². The van der Waals surface area contributed by atoms with E-state index in [1.165, 1.54) is 12.1 Å². The Morgan fingerprint density at radius 2 is 2.21 bits per heavy atom. The molecule has 1 aliphatic heterocycles. The van der Waals surface area contributed by atoms with Crippen LogP contribution in [0.4, 0.5) is 0 Å². The zero-order chi connectivity index (χ0) is 9.97. The lowest BCUT2D eigenvalue weighted by Crippen LogP contribution is -2.08. The SMILES string of the molecule is CC(C)[C@H]1CCC(c2ccccn2)=N1. The van der Waals surface area contributed by atoms with Gasteiger partial charge in [-0.1, -0.05) is 19.9 Å². The van der Waals surface area contributed by atoms with E-state index in [0.29, 0.717) is 12.0 Å². The zero-order valence-electron chi connectivity index (χ0n) is 8.77. The molecule has 1 aliphatic rings. The Balaban J connectivity index is 2.18. The fraction of sp³-hybridized carbons (Fsp3) is 0.500. The minimum Gasteiger partial charge on any atom is -0.284 e. The normalized spacial score (nSPS) is 21.4. The molecule has 0 aliphatic carbocycles. The van der Waals surface area contributed by atoms with Crippen LogP contribution in [0.1, 0.15) is 32.4 Å². The molecule has 0 saturated carbocycles. The molecular formula is C12H16N2. The van der Waals surface area contributed by atoms with Gasteiger partial charge in [0.1, 0.15) is 0 Å². The summed E-state index contributed by atoms with van der Waals surface area (Å²) in [6, 6.07) is 6.51. The summed E-state index contributed by atoms with van der Waals surface area (Å²) in [5, 5.41) is 0. The number of hydrogen-bond donors (Lipinski definition) is 0. The van der Waals surface area contributed by atoms with E-state index in [-0.39, 0.29) is 0 Å². The van der Waals surface area contributed by atoms with Crippen molar-refractivity contribution in [2.45, 2.75) is 32.7 Å². The van der Waals surface area contributed by atoms with Crippen molar-refractivity contribution in [2.24, 2.45) is 10.9 Å². The molecule has 74 valence electrons. The standard InChI is InChI=1S/C12H16N2/c1-9(2)10-6-7-12(14-10)11-5-3-4-8-13-11/h3-5,8-10H,6-7H2,1-2H3/t10-/m1/s1. The molecule has 2 heteroatoms. The molecule has 14 heavy (non-hydrogen) atoms. The minimum absolute atomic E-state index is 0.506. The van der Waals surface area contributed by atoms with E-state index in [1.807, 2.05) is 24.4 Å². The third-order valence-corrected chi connectivity index (χ3v) is 2.73. The molecule has 2 nitrogen and oxygen atoms in total. The van der Waals surface area contributed by atoms with Crippen molar-refractivity contribution in [1.29, 1.82) is 0 Å². The predicted octanol–water partition coefficient (Wildman–Crippen LogP) is 2.69. The first-order valence-corrected chi connectivity index (χ1v) is 5.25. The summed E-state index contributed by atoms with van der Waals surface area (Å²) in [7, 11) is 0. The molecule has 0 N–H and O–H groups in total. The van der Waals surface area contributed by atoms with Crippen molar-refractivity contribution in [3.8, 4) is 0 Å². The Bertz CT molecular complexity index is 327. The van der Waals surface area contributed by atoms with Crippen LogP contribution in [0, 0.1) is 5.92 Å². The molecule has 1 aromatic rings. The van der Waals surface area contributed by atoms with Crippen LogP contribution in [0.2, 0.25) is 0 Å². The highest BCUT2D eigenvalue weighted by Crippen LogP contribution is 2.22. The predicted molar refractivity (Wildman–Crippen MR) is 58.6 cm³/mol. The van der Waals surface area contributed by atoms with Crippen LogP contribution in [0.15, 0.2) is 29.4 Å². The number of pyridine rings is 1. The van der Waals surface area contributed by atoms with Gasteiger partial charge in [0.2, 0.25) is 0 Å². The lowest BCUT2D eigenvalue weighted by molar-refractivity contribution is 0.494. The highest BCUT2D eigenvalue weighted by Gasteiger charge is 2.21. The van der Waals surface area contributed by atoms with Crippen LogP contribution in [0.3, 0.4) is 0 Å². The second kappa shape index (κ2) is 3.91. The smallest absolute Gasteiger partial charge is 0.0840 e. The number of rotatable bonds is 2. The molecule has 0 amide bonds. The second-order valence-electron chi connectivity index (χ2n) is 4.14. The topological polar surface area (TPSA) is 25.2 Å². The first-order chi connectivity index (χ1) is 6.77. The monoisotopic (exact) mass is 188 g/mol. The Morgan fingerprint density at radius 1 is 1.36 bits per heavy atom. The Hall–Kier alpha value is -1.18. The summed E-state index contributed by atoms with van der Waals surface area (Å²) in [6.07, 6.45) is 4.10.